The van der Waals surface area contributed by atoms with Crippen LogP contribution in [0.1, 0.15) is 11.1 Å². The number of aliphatic carboxylic acids is 1. The summed E-state index contributed by atoms with van der Waals surface area (Å²) >= 11 is 0. The Morgan fingerprint density at radius 2 is 2.00 bits per heavy atom. The summed E-state index contributed by atoms with van der Waals surface area (Å²) in [4.78, 5) is 10.4. The maximum Gasteiger partial charge on any atom is 0.328 e. The number of nitrogens with zero attached hydrogens (tertiary/aromatic N) is 1. The van der Waals surface area contributed by atoms with Crippen molar-refractivity contribution in [2.45, 2.75) is 6.92 Å². The van der Waals surface area contributed by atoms with Gasteiger partial charge in [0.15, 0.2) is 0 Å². The minimum absolute atomic E-state index is 0.418. The number of hydrogen-bond donors (Lipinski definition) is 2. The Morgan fingerprint density at radius 3 is 2.53 bits per heavy atom. The molecule has 0 aliphatic heterocycles. The van der Waals surface area contributed by atoms with Crippen molar-refractivity contribution in [3.63, 3.8) is 0 Å². The molecule has 0 aliphatic carbocycles. The molecule has 0 fully saturated rings. The van der Waals surface area contributed by atoms with Crippen LogP contribution in [-0.2, 0) is 15.0 Å². The molecule has 6 nitrogen and oxygen atoms in total. The first-order valence-corrected chi connectivity index (χ1v) is 6.88. The predicted molar refractivity (Wildman–Crippen MR) is 74.1 cm³/mol. The highest BCUT2D eigenvalue weighted by Gasteiger charge is 2.14. The van der Waals surface area contributed by atoms with Gasteiger partial charge in [0.05, 0.1) is 5.69 Å². The topological polar surface area (TPSA) is 86.7 Å². The summed E-state index contributed by atoms with van der Waals surface area (Å²) < 4.78 is 27.0. The Bertz CT molecular complexity index is 606. The molecule has 1 rings (SSSR count). The summed E-state index contributed by atoms with van der Waals surface area (Å²) in [6.07, 6.45) is 2.39. The third-order valence-corrected chi connectivity index (χ3v) is 3.84. The monoisotopic (exact) mass is 284 g/mol. The number of carboxylic acid groups (broad SMARTS) is 1. The zero-order valence-corrected chi connectivity index (χ0v) is 11.7. The molecule has 2 N–H and O–H groups in total. The fourth-order valence-electron chi connectivity index (χ4n) is 1.25. The summed E-state index contributed by atoms with van der Waals surface area (Å²) in [6.45, 7) is 1.76. The van der Waals surface area contributed by atoms with Gasteiger partial charge < -0.3 is 5.11 Å². The number of benzene rings is 1. The summed E-state index contributed by atoms with van der Waals surface area (Å²) in [5, 5.41) is 8.55. The number of rotatable bonds is 5. The third kappa shape index (κ3) is 4.38. The van der Waals surface area contributed by atoms with Crippen LogP contribution in [0.25, 0.3) is 6.08 Å². The van der Waals surface area contributed by atoms with Gasteiger partial charge in [-0.3, -0.25) is 4.72 Å². The van der Waals surface area contributed by atoms with E-state index in [1.54, 1.807) is 25.1 Å². The van der Waals surface area contributed by atoms with E-state index >= 15 is 0 Å². The molecule has 0 spiro atoms. The smallest absolute Gasteiger partial charge is 0.328 e. The fourth-order valence-corrected chi connectivity index (χ4v) is 1.93. The van der Waals surface area contributed by atoms with E-state index in [1.165, 1.54) is 20.2 Å². The fraction of sp³-hybridized carbons (Fsp3) is 0.250. The SMILES string of the molecule is Cc1ccc(/C=C/C(=O)O)cc1NS(=O)(=O)N(C)C. The lowest BCUT2D eigenvalue weighted by Gasteiger charge is -2.15. The van der Waals surface area contributed by atoms with Gasteiger partial charge in [-0.15, -0.1) is 0 Å². The van der Waals surface area contributed by atoms with Crippen LogP contribution in [-0.4, -0.2) is 37.9 Å². The van der Waals surface area contributed by atoms with Gasteiger partial charge in [-0.1, -0.05) is 12.1 Å². The highest BCUT2D eigenvalue weighted by Crippen LogP contribution is 2.19. The van der Waals surface area contributed by atoms with Crippen molar-refractivity contribution >= 4 is 27.9 Å². The number of hydrogen-bond acceptors (Lipinski definition) is 3. The number of nitrogens with one attached hydrogen (secondary N) is 1. The molecular formula is C12H16N2O4S. The van der Waals surface area contributed by atoms with Crippen LogP contribution in [0.3, 0.4) is 0 Å². The van der Waals surface area contributed by atoms with Gasteiger partial charge in [0, 0.05) is 20.2 Å². The second kappa shape index (κ2) is 5.85. The van der Waals surface area contributed by atoms with Crippen molar-refractivity contribution < 1.29 is 18.3 Å². The highest BCUT2D eigenvalue weighted by atomic mass is 32.2. The quantitative estimate of drug-likeness (QED) is 0.798. The molecule has 1 aromatic rings. The van der Waals surface area contributed by atoms with E-state index in [9.17, 15) is 13.2 Å². The average molecular weight is 284 g/mol. The molecule has 0 aliphatic rings. The molecule has 1 aromatic carbocycles. The summed E-state index contributed by atoms with van der Waals surface area (Å²) in [7, 11) is -0.734. The molecule has 0 heterocycles. The van der Waals surface area contributed by atoms with Gasteiger partial charge >= 0.3 is 16.2 Å². The van der Waals surface area contributed by atoms with Crippen LogP contribution < -0.4 is 4.72 Å². The summed E-state index contributed by atoms with van der Waals surface area (Å²) in [5.41, 5.74) is 1.77. The first kappa shape index (κ1) is 15.2. The molecule has 0 atom stereocenters. The Balaban J connectivity index is 3.08. The van der Waals surface area contributed by atoms with Crippen LogP contribution in [0.15, 0.2) is 24.3 Å². The second-order valence-corrected chi connectivity index (χ2v) is 6.02. The molecule has 0 radical (unpaired) electrons. The van der Waals surface area contributed by atoms with Gasteiger partial charge in [0.1, 0.15) is 0 Å². The maximum absolute atomic E-state index is 11.7. The van der Waals surface area contributed by atoms with E-state index in [-0.39, 0.29) is 0 Å². The van der Waals surface area contributed by atoms with Crippen molar-refractivity contribution in [3.8, 4) is 0 Å². The molecule has 0 aromatic heterocycles. The number of anilines is 1. The molecule has 0 bridgehead atoms. The summed E-state index contributed by atoms with van der Waals surface area (Å²) in [5.74, 6) is -1.06. The number of carboxylic acids is 1. The van der Waals surface area contributed by atoms with Crippen LogP contribution in [0, 0.1) is 6.92 Å². The van der Waals surface area contributed by atoms with Crippen molar-refractivity contribution in [2.24, 2.45) is 0 Å². The third-order valence-electron chi connectivity index (χ3n) is 2.40. The lowest BCUT2D eigenvalue weighted by atomic mass is 10.1. The predicted octanol–water partition coefficient (Wildman–Crippen LogP) is 1.31. The van der Waals surface area contributed by atoms with E-state index in [0.717, 1.165) is 15.9 Å². The van der Waals surface area contributed by atoms with E-state index in [2.05, 4.69) is 4.72 Å². The molecular weight excluding hydrogens is 268 g/mol. The second-order valence-electron chi connectivity index (χ2n) is 4.14. The van der Waals surface area contributed by atoms with Gasteiger partial charge in [0.2, 0.25) is 0 Å². The standard InChI is InChI=1S/C12H16N2O4S/c1-9-4-5-10(6-7-12(15)16)8-11(9)13-19(17,18)14(2)3/h4-8,13H,1-3H3,(H,15,16)/b7-6+. The lowest BCUT2D eigenvalue weighted by Crippen LogP contribution is -2.29. The largest absolute Gasteiger partial charge is 0.478 e. The minimum atomic E-state index is -3.58. The van der Waals surface area contributed by atoms with Crippen LogP contribution in [0.2, 0.25) is 0 Å². The molecule has 0 unspecified atom stereocenters. The van der Waals surface area contributed by atoms with Crippen molar-refractivity contribution in [3.05, 3.63) is 35.4 Å². The molecule has 0 saturated heterocycles. The van der Waals surface area contributed by atoms with Crippen LogP contribution >= 0.6 is 0 Å². The van der Waals surface area contributed by atoms with Crippen molar-refractivity contribution in [2.75, 3.05) is 18.8 Å². The van der Waals surface area contributed by atoms with Crippen LogP contribution in [0.4, 0.5) is 5.69 Å². The molecule has 0 amide bonds. The highest BCUT2D eigenvalue weighted by molar-refractivity contribution is 7.90. The zero-order valence-electron chi connectivity index (χ0n) is 10.9. The van der Waals surface area contributed by atoms with Gasteiger partial charge in [-0.25, -0.2) is 4.79 Å². The maximum atomic E-state index is 11.7. The Kier molecular flexibility index (Phi) is 4.68. The van der Waals surface area contributed by atoms with Gasteiger partial charge in [-0.05, 0) is 30.2 Å². The average Bonchev–Trinajstić information content (AvgIpc) is 2.29. The van der Waals surface area contributed by atoms with Crippen LogP contribution in [0.5, 0.6) is 0 Å². The Labute approximate surface area is 112 Å². The lowest BCUT2D eigenvalue weighted by molar-refractivity contribution is -0.131. The molecule has 0 saturated carbocycles. The number of aryl methyl sites for hydroxylation is 1. The van der Waals surface area contributed by atoms with Gasteiger partial charge in [0.25, 0.3) is 0 Å². The normalized spacial score (nSPS) is 12.0. The molecule has 104 valence electrons. The number of carbonyl (C=O) groups is 1. The van der Waals surface area contributed by atoms with E-state index in [4.69, 9.17) is 5.11 Å². The first-order chi connectivity index (χ1) is 8.72. The van der Waals surface area contributed by atoms with Crippen molar-refractivity contribution in [1.29, 1.82) is 0 Å². The minimum Gasteiger partial charge on any atom is -0.478 e. The Morgan fingerprint density at radius 1 is 1.37 bits per heavy atom. The Hall–Kier alpha value is -1.86. The van der Waals surface area contributed by atoms with E-state index in [1.807, 2.05) is 0 Å². The molecule has 7 heteroatoms. The van der Waals surface area contributed by atoms with E-state index < -0.39 is 16.2 Å². The molecule has 19 heavy (non-hydrogen) atoms. The first-order valence-electron chi connectivity index (χ1n) is 5.44. The van der Waals surface area contributed by atoms with Gasteiger partial charge in [-0.2, -0.15) is 12.7 Å². The van der Waals surface area contributed by atoms with Crippen molar-refractivity contribution in [1.82, 2.24) is 4.31 Å². The summed E-state index contributed by atoms with van der Waals surface area (Å²) in [6, 6.07) is 5.01. The zero-order chi connectivity index (χ0) is 14.6. The van der Waals surface area contributed by atoms with E-state index in [0.29, 0.717) is 11.3 Å².